The Morgan fingerprint density at radius 3 is 1.51 bits per heavy atom. The number of anilines is 3. The molecule has 0 unspecified atom stereocenters. The lowest BCUT2D eigenvalue weighted by atomic mass is 9.70. The van der Waals surface area contributed by atoms with Gasteiger partial charge in [-0.2, -0.15) is 0 Å². The highest BCUT2D eigenvalue weighted by atomic mass is 16.3. The highest BCUT2D eigenvalue weighted by molar-refractivity contribution is 6.07. The van der Waals surface area contributed by atoms with Gasteiger partial charge in [-0.25, -0.2) is 0 Å². The van der Waals surface area contributed by atoms with E-state index in [0.717, 1.165) is 61.3 Å². The lowest BCUT2D eigenvalue weighted by Crippen LogP contribution is -2.25. The van der Waals surface area contributed by atoms with Crippen LogP contribution in [0.5, 0.6) is 0 Å². The van der Waals surface area contributed by atoms with Crippen LogP contribution >= 0.6 is 0 Å². The van der Waals surface area contributed by atoms with Gasteiger partial charge in [0.25, 0.3) is 0 Å². The van der Waals surface area contributed by atoms with Crippen molar-refractivity contribution >= 4 is 39.0 Å². The molecule has 0 atom stereocenters. The molecule has 1 spiro atoms. The Hall–Kier alpha value is -8.20. The van der Waals surface area contributed by atoms with E-state index in [9.17, 15) is 0 Å². The number of furan rings is 1. The summed E-state index contributed by atoms with van der Waals surface area (Å²) in [4.78, 5) is 2.46. The maximum absolute atomic E-state index is 6.55. The minimum absolute atomic E-state index is 0.416. The van der Waals surface area contributed by atoms with Gasteiger partial charge in [-0.1, -0.05) is 188 Å². The Balaban J connectivity index is 1.07. The molecule has 11 aromatic rings. The Labute approximate surface area is 366 Å². The molecule has 0 bridgehead atoms. The monoisotopic (exact) mass is 801 g/mol. The van der Waals surface area contributed by atoms with Gasteiger partial charge >= 0.3 is 0 Å². The summed E-state index contributed by atoms with van der Waals surface area (Å²) >= 11 is 0. The van der Waals surface area contributed by atoms with Gasteiger partial charge in [0.15, 0.2) is 0 Å². The van der Waals surface area contributed by atoms with Crippen molar-refractivity contribution in [3.05, 3.63) is 259 Å². The van der Waals surface area contributed by atoms with Gasteiger partial charge in [0.05, 0.1) is 11.1 Å². The third kappa shape index (κ3) is 5.25. The second-order valence-electron chi connectivity index (χ2n) is 16.7. The molecule has 13 rings (SSSR count). The summed E-state index contributed by atoms with van der Waals surface area (Å²) in [5, 5.41) is 2.24. The van der Waals surface area contributed by atoms with Crippen molar-refractivity contribution in [1.82, 2.24) is 0 Å². The first-order valence-electron chi connectivity index (χ1n) is 21.8. The summed E-state index contributed by atoms with van der Waals surface area (Å²) in [6.07, 6.45) is 0. The van der Waals surface area contributed by atoms with Crippen LogP contribution in [0.2, 0.25) is 0 Å². The van der Waals surface area contributed by atoms with Gasteiger partial charge in [0.2, 0.25) is 0 Å². The van der Waals surface area contributed by atoms with E-state index in [0.29, 0.717) is 0 Å². The summed E-state index contributed by atoms with van der Waals surface area (Å²) in [6, 6.07) is 86.5. The van der Waals surface area contributed by atoms with E-state index in [4.69, 9.17) is 4.42 Å². The van der Waals surface area contributed by atoms with E-state index in [1.807, 2.05) is 6.07 Å². The molecular formula is C61H39NO. The average Bonchev–Trinajstić information content (AvgIpc) is 3.98. The molecule has 1 aromatic heterocycles. The number of para-hydroxylation sites is 1. The van der Waals surface area contributed by atoms with Crippen molar-refractivity contribution < 1.29 is 4.42 Å². The molecule has 10 aromatic carbocycles. The second-order valence-corrected chi connectivity index (χ2v) is 16.7. The molecule has 2 heteroatoms. The minimum Gasteiger partial charge on any atom is -0.456 e. The Morgan fingerprint density at radius 1 is 0.302 bits per heavy atom. The molecule has 0 saturated heterocycles. The van der Waals surface area contributed by atoms with Crippen molar-refractivity contribution in [3.8, 4) is 55.6 Å². The summed E-state index contributed by atoms with van der Waals surface area (Å²) in [5.74, 6) is 0. The molecule has 0 amide bonds. The Morgan fingerprint density at radius 2 is 0.810 bits per heavy atom. The fourth-order valence-electron chi connectivity index (χ4n) is 10.9. The molecule has 1 heterocycles. The predicted octanol–water partition coefficient (Wildman–Crippen LogP) is 16.4. The molecule has 0 aliphatic heterocycles. The van der Waals surface area contributed by atoms with Crippen LogP contribution in [0.1, 0.15) is 22.3 Å². The molecule has 0 radical (unpaired) electrons. The molecular weight excluding hydrogens is 763 g/mol. The van der Waals surface area contributed by atoms with Crippen LogP contribution in [-0.2, 0) is 5.41 Å². The number of fused-ring (bicyclic) bond motifs is 13. The highest BCUT2D eigenvalue weighted by Crippen LogP contribution is 2.63. The first-order chi connectivity index (χ1) is 31.3. The van der Waals surface area contributed by atoms with Crippen molar-refractivity contribution in [2.75, 3.05) is 4.90 Å². The fourth-order valence-corrected chi connectivity index (χ4v) is 10.9. The van der Waals surface area contributed by atoms with Gasteiger partial charge in [-0.3, -0.25) is 0 Å². The van der Waals surface area contributed by atoms with Crippen molar-refractivity contribution in [2.45, 2.75) is 5.41 Å². The van der Waals surface area contributed by atoms with Crippen LogP contribution in [0.4, 0.5) is 17.1 Å². The van der Waals surface area contributed by atoms with Crippen molar-refractivity contribution in [3.63, 3.8) is 0 Å². The van der Waals surface area contributed by atoms with Crippen LogP contribution in [0.25, 0.3) is 77.6 Å². The number of rotatable bonds is 6. The Bertz CT molecular complexity index is 3520. The van der Waals surface area contributed by atoms with Gasteiger partial charge in [0.1, 0.15) is 11.2 Å². The summed E-state index contributed by atoms with van der Waals surface area (Å²) in [5.41, 5.74) is 22.0. The number of hydrogen-bond acceptors (Lipinski definition) is 2. The van der Waals surface area contributed by atoms with Gasteiger partial charge in [0, 0.05) is 27.7 Å². The van der Waals surface area contributed by atoms with Crippen LogP contribution in [0.15, 0.2) is 241 Å². The van der Waals surface area contributed by atoms with E-state index in [1.165, 1.54) is 55.6 Å². The van der Waals surface area contributed by atoms with Crippen LogP contribution in [-0.4, -0.2) is 0 Å². The molecule has 63 heavy (non-hydrogen) atoms. The maximum atomic E-state index is 6.55. The predicted molar refractivity (Wildman–Crippen MR) is 261 cm³/mol. The van der Waals surface area contributed by atoms with Gasteiger partial charge in [-0.05, 0) is 121 Å². The largest absolute Gasteiger partial charge is 0.456 e. The minimum atomic E-state index is -0.416. The molecule has 2 aliphatic rings. The van der Waals surface area contributed by atoms with E-state index in [-0.39, 0.29) is 0 Å². The van der Waals surface area contributed by atoms with Gasteiger partial charge in [-0.15, -0.1) is 0 Å². The zero-order chi connectivity index (χ0) is 41.5. The maximum Gasteiger partial charge on any atom is 0.136 e. The lowest BCUT2D eigenvalue weighted by Gasteiger charge is -2.32. The molecule has 0 fully saturated rings. The fraction of sp³-hybridized carbons (Fsp3) is 0.0164. The molecule has 0 saturated carbocycles. The third-order valence-corrected chi connectivity index (χ3v) is 13.5. The number of nitrogens with zero attached hydrogens (tertiary/aromatic N) is 1. The molecule has 0 N–H and O–H groups in total. The Kier molecular flexibility index (Phi) is 7.85. The quantitative estimate of drug-likeness (QED) is 0.167. The lowest BCUT2D eigenvalue weighted by molar-refractivity contribution is 0.669. The van der Waals surface area contributed by atoms with Crippen molar-refractivity contribution in [1.29, 1.82) is 0 Å². The van der Waals surface area contributed by atoms with Crippen molar-refractivity contribution in [2.24, 2.45) is 0 Å². The first kappa shape index (κ1) is 35.5. The zero-order valence-corrected chi connectivity index (χ0v) is 34.4. The number of benzene rings is 10. The summed E-state index contributed by atoms with van der Waals surface area (Å²) < 4.78 is 6.55. The molecule has 2 aliphatic carbocycles. The van der Waals surface area contributed by atoms with Crippen LogP contribution < -0.4 is 4.90 Å². The van der Waals surface area contributed by atoms with Gasteiger partial charge < -0.3 is 9.32 Å². The normalized spacial score (nSPS) is 12.9. The van der Waals surface area contributed by atoms with E-state index >= 15 is 0 Å². The first-order valence-corrected chi connectivity index (χ1v) is 21.8. The molecule has 2 nitrogen and oxygen atoms in total. The SMILES string of the molecule is c1ccc(-c2ccc(N(c3ccc4c(c3)-c3ccccc3C43c4ccccc4-c4ccccc43)c3cccc(-c4ccccc4)c3-c3ccc4c(c3)oc3ccccc34)cc2)cc1. The topological polar surface area (TPSA) is 16.4 Å². The standard InChI is InChI=1S/C61H39NO/c1-3-16-40(17-4-1)41-30-33-44(34-31-41)62(57-28-15-24-46(42-18-5-2-6-19-42)60(57)43-32-36-51-50-23-10-14-29-58(50)63-59(51)38-43)45-35-37-56-52(39-45)49-22-9-13-27-55(49)61(56)53-25-11-7-20-47(53)48-21-8-12-26-54(48)61/h1-39H. The van der Waals surface area contributed by atoms with E-state index in [1.54, 1.807) is 0 Å². The smallest absolute Gasteiger partial charge is 0.136 e. The molecule has 294 valence electrons. The highest BCUT2D eigenvalue weighted by Gasteiger charge is 2.51. The van der Waals surface area contributed by atoms with E-state index < -0.39 is 5.41 Å². The van der Waals surface area contributed by atoms with Crippen LogP contribution in [0, 0.1) is 0 Å². The summed E-state index contributed by atoms with van der Waals surface area (Å²) in [6.45, 7) is 0. The van der Waals surface area contributed by atoms with E-state index in [2.05, 4.69) is 235 Å². The van der Waals surface area contributed by atoms with Crippen LogP contribution in [0.3, 0.4) is 0 Å². The number of hydrogen-bond donors (Lipinski definition) is 0. The zero-order valence-electron chi connectivity index (χ0n) is 34.4. The second kappa shape index (κ2) is 13.9. The summed E-state index contributed by atoms with van der Waals surface area (Å²) in [7, 11) is 0. The average molecular weight is 802 g/mol. The third-order valence-electron chi connectivity index (χ3n) is 13.5.